The van der Waals surface area contributed by atoms with Gasteiger partial charge in [-0.15, -0.1) is 0 Å². The standard InChI is InChI=1S/C26H23F3N6O2/c1-16(26(27,28)29)11-31-24(36)15-34-21-5-3-4-6-22(21)35(25(34)37)18-9-7-17(8-10-18)19-12-30-14-23-20(19)13-32-33(23)2/h3-10,12-14,16H,11,15H2,1-2H3,(H,31,36). The zero-order valence-electron chi connectivity index (χ0n) is 20.0. The van der Waals surface area contributed by atoms with E-state index in [0.29, 0.717) is 16.7 Å². The zero-order chi connectivity index (χ0) is 26.3. The quantitative estimate of drug-likeness (QED) is 0.375. The molecule has 0 radical (unpaired) electrons. The summed E-state index contributed by atoms with van der Waals surface area (Å²) < 4.78 is 42.8. The number of aryl methyl sites for hydroxylation is 1. The van der Waals surface area contributed by atoms with Crippen LogP contribution in [-0.2, 0) is 18.4 Å². The lowest BCUT2D eigenvalue weighted by molar-refractivity contribution is -0.168. The Morgan fingerprint density at radius 1 is 1.00 bits per heavy atom. The molecule has 2 aromatic carbocycles. The molecule has 1 atom stereocenters. The summed E-state index contributed by atoms with van der Waals surface area (Å²) in [5.74, 6) is -2.37. The fourth-order valence-corrected chi connectivity index (χ4v) is 4.27. The summed E-state index contributed by atoms with van der Waals surface area (Å²) in [6.45, 7) is 0.0340. The number of para-hydroxylation sites is 2. The van der Waals surface area contributed by atoms with Crippen molar-refractivity contribution < 1.29 is 18.0 Å². The molecule has 1 amide bonds. The van der Waals surface area contributed by atoms with Gasteiger partial charge in [0, 0.05) is 30.7 Å². The summed E-state index contributed by atoms with van der Waals surface area (Å²) in [5, 5.41) is 7.52. The molecule has 0 aliphatic carbocycles. The van der Waals surface area contributed by atoms with Gasteiger partial charge in [-0.05, 0) is 29.8 Å². The lowest BCUT2D eigenvalue weighted by Gasteiger charge is -2.16. The first-order valence-electron chi connectivity index (χ1n) is 11.6. The fraction of sp³-hybridized carbons (Fsp3) is 0.231. The molecule has 37 heavy (non-hydrogen) atoms. The third-order valence-electron chi connectivity index (χ3n) is 6.41. The first kappa shape index (κ1) is 24.3. The van der Waals surface area contributed by atoms with Crippen LogP contribution in [0.5, 0.6) is 0 Å². The van der Waals surface area contributed by atoms with E-state index >= 15 is 0 Å². The molecular weight excluding hydrogens is 485 g/mol. The van der Waals surface area contributed by atoms with Crippen LogP contribution in [0.15, 0.2) is 71.9 Å². The Labute approximate surface area is 209 Å². The van der Waals surface area contributed by atoms with Gasteiger partial charge in [-0.3, -0.25) is 23.6 Å². The number of nitrogens with zero attached hydrogens (tertiary/aromatic N) is 5. The molecule has 0 saturated heterocycles. The van der Waals surface area contributed by atoms with Crippen LogP contribution in [-0.4, -0.2) is 42.5 Å². The van der Waals surface area contributed by atoms with Gasteiger partial charge in [-0.2, -0.15) is 18.3 Å². The minimum Gasteiger partial charge on any atom is -0.354 e. The fourth-order valence-electron chi connectivity index (χ4n) is 4.27. The Morgan fingerprint density at radius 2 is 1.70 bits per heavy atom. The number of fused-ring (bicyclic) bond motifs is 2. The molecule has 11 heteroatoms. The van der Waals surface area contributed by atoms with E-state index in [0.717, 1.165) is 29.0 Å². The van der Waals surface area contributed by atoms with Crippen molar-refractivity contribution in [2.24, 2.45) is 13.0 Å². The maximum Gasteiger partial charge on any atom is 0.393 e. The molecule has 0 bridgehead atoms. The van der Waals surface area contributed by atoms with Gasteiger partial charge < -0.3 is 5.32 Å². The highest BCUT2D eigenvalue weighted by atomic mass is 19.4. The number of imidazole rings is 1. The highest BCUT2D eigenvalue weighted by Crippen LogP contribution is 2.28. The van der Waals surface area contributed by atoms with Crippen molar-refractivity contribution in [1.29, 1.82) is 0 Å². The number of rotatable bonds is 6. The van der Waals surface area contributed by atoms with E-state index in [1.54, 1.807) is 59.7 Å². The van der Waals surface area contributed by atoms with Gasteiger partial charge >= 0.3 is 11.9 Å². The van der Waals surface area contributed by atoms with Crippen LogP contribution in [0.4, 0.5) is 13.2 Å². The Kier molecular flexibility index (Phi) is 6.06. The topological polar surface area (TPSA) is 86.7 Å². The van der Waals surface area contributed by atoms with Crippen molar-refractivity contribution in [3.63, 3.8) is 0 Å². The van der Waals surface area contributed by atoms with E-state index in [4.69, 9.17) is 0 Å². The number of aromatic nitrogens is 5. The molecule has 190 valence electrons. The van der Waals surface area contributed by atoms with E-state index in [9.17, 15) is 22.8 Å². The Hall–Kier alpha value is -4.41. The van der Waals surface area contributed by atoms with Crippen molar-refractivity contribution in [1.82, 2.24) is 29.2 Å². The second-order valence-electron chi connectivity index (χ2n) is 8.87. The van der Waals surface area contributed by atoms with E-state index in [2.05, 4.69) is 15.4 Å². The number of pyridine rings is 1. The maximum atomic E-state index is 13.4. The molecule has 8 nitrogen and oxygen atoms in total. The average molecular weight is 509 g/mol. The molecular formula is C26H23F3N6O2. The molecule has 5 rings (SSSR count). The number of alkyl halides is 3. The van der Waals surface area contributed by atoms with Gasteiger partial charge in [0.2, 0.25) is 5.91 Å². The van der Waals surface area contributed by atoms with Crippen LogP contribution < -0.4 is 11.0 Å². The van der Waals surface area contributed by atoms with Crippen molar-refractivity contribution >= 4 is 27.8 Å². The Morgan fingerprint density at radius 3 is 2.41 bits per heavy atom. The third-order valence-corrected chi connectivity index (χ3v) is 6.41. The summed E-state index contributed by atoms with van der Waals surface area (Å²) >= 11 is 0. The van der Waals surface area contributed by atoms with Crippen molar-refractivity contribution in [2.45, 2.75) is 19.6 Å². The molecule has 0 fully saturated rings. The van der Waals surface area contributed by atoms with Gasteiger partial charge in [-0.1, -0.05) is 31.2 Å². The Balaban J connectivity index is 1.47. The van der Waals surface area contributed by atoms with Crippen LogP contribution >= 0.6 is 0 Å². The van der Waals surface area contributed by atoms with Crippen LogP contribution in [0.3, 0.4) is 0 Å². The zero-order valence-corrected chi connectivity index (χ0v) is 20.0. The summed E-state index contributed by atoms with van der Waals surface area (Å²) in [6, 6.07) is 14.3. The minimum absolute atomic E-state index is 0.399. The predicted molar refractivity (Wildman–Crippen MR) is 133 cm³/mol. The molecule has 1 N–H and O–H groups in total. The number of amides is 1. The van der Waals surface area contributed by atoms with Crippen LogP contribution in [0.1, 0.15) is 6.92 Å². The van der Waals surface area contributed by atoms with Gasteiger partial charge in [-0.25, -0.2) is 4.79 Å². The minimum atomic E-state index is -4.41. The molecule has 0 aliphatic heterocycles. The van der Waals surface area contributed by atoms with Gasteiger partial charge in [0.05, 0.1) is 40.5 Å². The number of nitrogens with one attached hydrogen (secondary N) is 1. The molecule has 0 spiro atoms. The highest BCUT2D eigenvalue weighted by Gasteiger charge is 2.35. The predicted octanol–water partition coefficient (Wildman–Crippen LogP) is 4.06. The van der Waals surface area contributed by atoms with Crippen LogP contribution in [0.2, 0.25) is 0 Å². The summed E-state index contributed by atoms with van der Waals surface area (Å²) in [5.41, 5.74) is 3.88. The average Bonchev–Trinajstić information content (AvgIpc) is 3.39. The summed E-state index contributed by atoms with van der Waals surface area (Å²) in [6.07, 6.45) is 0.869. The molecule has 0 aliphatic rings. The van der Waals surface area contributed by atoms with Crippen molar-refractivity contribution in [3.8, 4) is 16.8 Å². The second kappa shape index (κ2) is 9.23. The van der Waals surface area contributed by atoms with Crippen LogP contribution in [0, 0.1) is 5.92 Å². The van der Waals surface area contributed by atoms with Crippen LogP contribution in [0.25, 0.3) is 38.8 Å². The van der Waals surface area contributed by atoms with E-state index < -0.39 is 36.8 Å². The molecule has 5 aromatic rings. The second-order valence-corrected chi connectivity index (χ2v) is 8.87. The SMILES string of the molecule is CC(CNC(=O)Cn1c(=O)n(-c2ccc(-c3cncc4c3cnn4C)cc2)c2ccccc21)C(F)(F)F. The number of hydrogen-bond acceptors (Lipinski definition) is 4. The number of benzene rings is 2. The lowest BCUT2D eigenvalue weighted by atomic mass is 10.0. The number of carbonyl (C=O) groups is 1. The van der Waals surface area contributed by atoms with E-state index in [-0.39, 0.29) is 0 Å². The molecule has 3 aromatic heterocycles. The molecule has 0 saturated carbocycles. The molecule has 3 heterocycles. The highest BCUT2D eigenvalue weighted by molar-refractivity contribution is 5.93. The first-order valence-corrected chi connectivity index (χ1v) is 11.6. The number of halogens is 3. The normalized spacial score (nSPS) is 12.8. The maximum absolute atomic E-state index is 13.4. The van der Waals surface area contributed by atoms with E-state index in [1.165, 1.54) is 9.13 Å². The third kappa shape index (κ3) is 4.48. The smallest absolute Gasteiger partial charge is 0.354 e. The lowest BCUT2D eigenvalue weighted by Crippen LogP contribution is -2.38. The van der Waals surface area contributed by atoms with Gasteiger partial charge in [0.15, 0.2) is 0 Å². The largest absolute Gasteiger partial charge is 0.393 e. The number of carbonyl (C=O) groups excluding carboxylic acids is 1. The van der Waals surface area contributed by atoms with Crippen molar-refractivity contribution in [2.75, 3.05) is 6.54 Å². The monoisotopic (exact) mass is 508 g/mol. The number of hydrogen-bond donors (Lipinski definition) is 1. The Bertz CT molecular complexity index is 1660. The van der Waals surface area contributed by atoms with Gasteiger partial charge in [0.1, 0.15) is 6.54 Å². The van der Waals surface area contributed by atoms with Gasteiger partial charge in [0.25, 0.3) is 0 Å². The van der Waals surface area contributed by atoms with E-state index in [1.807, 2.05) is 19.2 Å². The first-order chi connectivity index (χ1) is 17.6. The van der Waals surface area contributed by atoms with Crippen molar-refractivity contribution in [3.05, 3.63) is 77.6 Å². The summed E-state index contributed by atoms with van der Waals surface area (Å²) in [4.78, 5) is 30.1. The molecule has 1 unspecified atom stereocenters. The summed E-state index contributed by atoms with van der Waals surface area (Å²) in [7, 11) is 1.84.